The van der Waals surface area contributed by atoms with E-state index in [4.69, 9.17) is 9.47 Å². The van der Waals surface area contributed by atoms with Crippen LogP contribution in [-0.2, 0) is 15.7 Å². The fraction of sp³-hybridized carbons (Fsp3) is 0.263. The number of carbonyl (C=O) groups is 1. The zero-order chi connectivity index (χ0) is 21.4. The number of alkyl halides is 3. The lowest BCUT2D eigenvalue weighted by Crippen LogP contribution is -2.14. The monoisotopic (exact) mass is 522 g/mol. The third-order valence-electron chi connectivity index (χ3n) is 3.51. The van der Waals surface area contributed by atoms with Crippen molar-refractivity contribution in [3.05, 3.63) is 51.1 Å². The van der Waals surface area contributed by atoms with E-state index in [2.05, 4.69) is 15.3 Å². The number of nitrogens with zero attached hydrogens (tertiary/aromatic N) is 1. The van der Waals surface area contributed by atoms with E-state index in [1.807, 2.05) is 29.5 Å². The van der Waals surface area contributed by atoms with Crippen LogP contribution in [0.4, 0.5) is 18.9 Å². The van der Waals surface area contributed by atoms with Gasteiger partial charge in [0.05, 0.1) is 34.8 Å². The molecule has 1 N–H and O–H groups in total. The molecule has 0 aliphatic carbocycles. The van der Waals surface area contributed by atoms with Gasteiger partial charge in [0.1, 0.15) is 0 Å². The zero-order valence-electron chi connectivity index (χ0n) is 15.5. The molecule has 2 aromatic carbocycles. The van der Waals surface area contributed by atoms with Gasteiger partial charge in [0.25, 0.3) is 0 Å². The maximum absolute atomic E-state index is 12.6. The second kappa shape index (κ2) is 10.3. The maximum atomic E-state index is 12.6. The highest BCUT2D eigenvalue weighted by molar-refractivity contribution is 14.1. The number of nitrogens with one attached hydrogen (secondary N) is 1. The molecule has 2 rings (SSSR count). The summed E-state index contributed by atoms with van der Waals surface area (Å²) in [5.41, 5.74) is 3.02. The van der Waals surface area contributed by atoms with Crippen LogP contribution in [0.5, 0.6) is 11.5 Å². The van der Waals surface area contributed by atoms with Crippen LogP contribution in [0.2, 0.25) is 0 Å². The Hall–Kier alpha value is -2.50. The molecule has 0 amide bonds. The van der Waals surface area contributed by atoms with E-state index in [1.165, 1.54) is 25.5 Å². The lowest BCUT2D eigenvalue weighted by molar-refractivity contribution is -0.143. The van der Waals surface area contributed by atoms with Crippen LogP contribution in [0.3, 0.4) is 0 Å². The minimum absolute atomic E-state index is 0.254. The highest BCUT2D eigenvalue weighted by Crippen LogP contribution is 2.34. The molecule has 0 unspecified atom stereocenters. The van der Waals surface area contributed by atoms with Crippen LogP contribution >= 0.6 is 22.6 Å². The Labute approximate surface area is 179 Å². The second-order valence-corrected chi connectivity index (χ2v) is 6.74. The summed E-state index contributed by atoms with van der Waals surface area (Å²) < 4.78 is 54.0. The molecular formula is C19H18F3IN2O4. The summed E-state index contributed by atoms with van der Waals surface area (Å²) in [7, 11) is 1.27. The fourth-order valence-corrected chi connectivity index (χ4v) is 2.95. The minimum atomic E-state index is -4.38. The lowest BCUT2D eigenvalue weighted by Gasteiger charge is -2.14. The van der Waals surface area contributed by atoms with Gasteiger partial charge in [-0.15, -0.1) is 0 Å². The largest absolute Gasteiger partial charge is 0.490 e. The topological polar surface area (TPSA) is 69.1 Å². The number of carbonyl (C=O) groups excluding carboxylic acids is 1. The molecule has 0 aliphatic rings. The van der Waals surface area contributed by atoms with Gasteiger partial charge in [-0.1, -0.05) is 0 Å². The molecule has 0 saturated carbocycles. The molecule has 0 fully saturated rings. The SMILES string of the molecule is CCOc1cc(/C=N/Nc2ccc(C(F)(F)F)cc2)cc(I)c1OCC(=O)OC. The third-order valence-corrected chi connectivity index (χ3v) is 4.31. The molecular weight excluding hydrogens is 504 g/mol. The van der Waals surface area contributed by atoms with Crippen molar-refractivity contribution >= 4 is 40.5 Å². The van der Waals surface area contributed by atoms with Crippen molar-refractivity contribution in [2.75, 3.05) is 25.7 Å². The molecule has 29 heavy (non-hydrogen) atoms. The molecule has 0 radical (unpaired) electrons. The van der Waals surface area contributed by atoms with E-state index in [1.54, 1.807) is 12.1 Å². The number of rotatable bonds is 8. The first-order chi connectivity index (χ1) is 13.7. The number of ether oxygens (including phenoxy) is 3. The predicted octanol–water partition coefficient (Wildman–Crippen LogP) is 4.71. The first kappa shape index (κ1) is 22.8. The first-order valence-electron chi connectivity index (χ1n) is 8.37. The standard InChI is InChI=1S/C19H18F3IN2O4/c1-3-28-16-9-12(8-15(23)18(16)29-11-17(26)27-2)10-24-25-14-6-4-13(5-7-14)19(20,21)22/h4-10,25H,3,11H2,1-2H3/b24-10+. The van der Waals surface area contributed by atoms with Crippen LogP contribution < -0.4 is 14.9 Å². The molecule has 0 heterocycles. The van der Waals surface area contributed by atoms with Gasteiger partial charge in [-0.2, -0.15) is 18.3 Å². The minimum Gasteiger partial charge on any atom is -0.490 e. The van der Waals surface area contributed by atoms with Gasteiger partial charge in [0.2, 0.25) is 0 Å². The Balaban J connectivity index is 2.12. The van der Waals surface area contributed by atoms with E-state index in [-0.39, 0.29) is 6.61 Å². The molecule has 156 valence electrons. The maximum Gasteiger partial charge on any atom is 0.416 e. The number of hydrazone groups is 1. The predicted molar refractivity (Wildman–Crippen MR) is 110 cm³/mol. The third kappa shape index (κ3) is 6.80. The number of esters is 1. The number of halogens is 4. The summed E-state index contributed by atoms with van der Waals surface area (Å²) in [4.78, 5) is 11.3. The summed E-state index contributed by atoms with van der Waals surface area (Å²) in [5.74, 6) is 0.319. The van der Waals surface area contributed by atoms with Gasteiger partial charge in [-0.3, -0.25) is 5.43 Å². The van der Waals surface area contributed by atoms with Gasteiger partial charge >= 0.3 is 12.1 Å². The van der Waals surface area contributed by atoms with Crippen molar-refractivity contribution in [2.24, 2.45) is 5.10 Å². The van der Waals surface area contributed by atoms with Crippen molar-refractivity contribution in [2.45, 2.75) is 13.1 Å². The quantitative estimate of drug-likeness (QED) is 0.236. The molecule has 0 bridgehead atoms. The van der Waals surface area contributed by atoms with Crippen LogP contribution in [0.25, 0.3) is 0 Å². The van der Waals surface area contributed by atoms with E-state index in [0.29, 0.717) is 32.9 Å². The smallest absolute Gasteiger partial charge is 0.416 e. The van der Waals surface area contributed by atoms with Gasteiger partial charge in [-0.05, 0) is 71.5 Å². The average Bonchev–Trinajstić information content (AvgIpc) is 2.67. The molecule has 6 nitrogen and oxygen atoms in total. The van der Waals surface area contributed by atoms with Gasteiger partial charge < -0.3 is 14.2 Å². The Morgan fingerprint density at radius 2 is 1.90 bits per heavy atom. The fourth-order valence-electron chi connectivity index (χ4n) is 2.17. The number of anilines is 1. The van der Waals surface area contributed by atoms with Crippen molar-refractivity contribution in [3.63, 3.8) is 0 Å². The van der Waals surface area contributed by atoms with Crippen molar-refractivity contribution in [1.29, 1.82) is 0 Å². The Morgan fingerprint density at radius 3 is 2.48 bits per heavy atom. The Kier molecular flexibility index (Phi) is 8.11. The van der Waals surface area contributed by atoms with E-state index < -0.39 is 17.7 Å². The number of hydrogen-bond acceptors (Lipinski definition) is 6. The zero-order valence-corrected chi connectivity index (χ0v) is 17.7. The lowest BCUT2D eigenvalue weighted by atomic mass is 10.2. The van der Waals surface area contributed by atoms with E-state index in [0.717, 1.165) is 12.1 Å². The highest BCUT2D eigenvalue weighted by atomic mass is 127. The van der Waals surface area contributed by atoms with E-state index >= 15 is 0 Å². The molecule has 10 heteroatoms. The molecule has 0 aliphatic heterocycles. The molecule has 0 aromatic heterocycles. The number of benzene rings is 2. The molecule has 0 saturated heterocycles. The molecule has 0 atom stereocenters. The van der Waals surface area contributed by atoms with Gasteiger partial charge in [0, 0.05) is 0 Å². The normalized spacial score (nSPS) is 11.4. The van der Waals surface area contributed by atoms with Crippen molar-refractivity contribution in [3.8, 4) is 11.5 Å². The average molecular weight is 522 g/mol. The summed E-state index contributed by atoms with van der Waals surface area (Å²) in [6.45, 7) is 1.94. The van der Waals surface area contributed by atoms with Crippen molar-refractivity contribution < 1.29 is 32.2 Å². The van der Waals surface area contributed by atoms with Gasteiger partial charge in [0.15, 0.2) is 18.1 Å². The molecule has 0 spiro atoms. The Bertz CT molecular complexity index is 871. The summed E-state index contributed by atoms with van der Waals surface area (Å²) in [5, 5.41) is 4.03. The van der Waals surface area contributed by atoms with Crippen LogP contribution in [-0.4, -0.2) is 32.5 Å². The van der Waals surface area contributed by atoms with Crippen LogP contribution in [0, 0.1) is 3.57 Å². The summed E-state index contributed by atoms with van der Waals surface area (Å²) >= 11 is 2.04. The first-order valence-corrected chi connectivity index (χ1v) is 9.44. The number of hydrogen-bond donors (Lipinski definition) is 1. The summed E-state index contributed by atoms with van der Waals surface area (Å²) in [6, 6.07) is 7.96. The van der Waals surface area contributed by atoms with E-state index in [9.17, 15) is 18.0 Å². The van der Waals surface area contributed by atoms with Crippen LogP contribution in [0.1, 0.15) is 18.1 Å². The number of methoxy groups -OCH3 is 1. The summed E-state index contributed by atoms with van der Waals surface area (Å²) in [6.07, 6.45) is -2.89. The molecule has 2 aromatic rings. The Morgan fingerprint density at radius 1 is 1.21 bits per heavy atom. The van der Waals surface area contributed by atoms with Crippen LogP contribution in [0.15, 0.2) is 41.5 Å². The van der Waals surface area contributed by atoms with Gasteiger partial charge in [-0.25, -0.2) is 4.79 Å². The highest BCUT2D eigenvalue weighted by Gasteiger charge is 2.29. The second-order valence-electron chi connectivity index (χ2n) is 5.57. The van der Waals surface area contributed by atoms with Crippen molar-refractivity contribution in [1.82, 2.24) is 0 Å².